The van der Waals surface area contributed by atoms with Crippen molar-refractivity contribution in [2.75, 3.05) is 7.11 Å². The van der Waals surface area contributed by atoms with Crippen LogP contribution in [0, 0.1) is 6.92 Å². The van der Waals surface area contributed by atoms with Crippen LogP contribution in [0.3, 0.4) is 0 Å². The van der Waals surface area contributed by atoms with E-state index in [9.17, 15) is 9.59 Å². The number of carbonyl (C=O) groups excluding carboxylic acids is 1. The molecule has 0 aliphatic rings. The maximum Gasteiger partial charge on any atom is 0.347 e. The highest BCUT2D eigenvalue weighted by Crippen LogP contribution is 2.38. The normalized spacial score (nSPS) is 11.7. The fourth-order valence-corrected chi connectivity index (χ4v) is 5.75. The molecule has 6 rings (SSSR count). The molecule has 2 aromatic heterocycles. The van der Waals surface area contributed by atoms with Crippen LogP contribution in [0.25, 0.3) is 38.2 Å². The number of hydrogen-bond acceptors (Lipinski definition) is 4. The van der Waals surface area contributed by atoms with Crippen molar-refractivity contribution in [1.29, 1.82) is 0 Å². The molecule has 4 aromatic carbocycles. The van der Waals surface area contributed by atoms with E-state index in [1.165, 1.54) is 12.7 Å². The molecule has 0 bridgehead atoms. The lowest BCUT2D eigenvalue weighted by atomic mass is 10.0. The number of aromatic nitrogens is 2. The fraction of sp³-hybridized carbons (Fsp3) is 0.107. The van der Waals surface area contributed by atoms with Gasteiger partial charge < -0.3 is 4.74 Å². The Morgan fingerprint density at radius 1 is 0.941 bits per heavy atom. The first kappa shape index (κ1) is 20.7. The van der Waals surface area contributed by atoms with Crippen LogP contribution in [0.5, 0.6) is 0 Å². The zero-order valence-electron chi connectivity index (χ0n) is 19.0. The minimum absolute atomic E-state index is 0.0989. The number of hydrogen-bond donors (Lipinski definition) is 0. The summed E-state index contributed by atoms with van der Waals surface area (Å²) >= 11 is 1.70. The average Bonchev–Trinajstić information content (AvgIpc) is 3.16. The van der Waals surface area contributed by atoms with Gasteiger partial charge in [-0.2, -0.15) is 4.40 Å². The van der Waals surface area contributed by atoms with Crippen molar-refractivity contribution in [2.24, 2.45) is 7.05 Å². The Morgan fingerprint density at radius 2 is 1.71 bits per heavy atom. The molecular weight excluding hydrogens is 444 g/mol. The lowest BCUT2D eigenvalue weighted by molar-refractivity contribution is -0.617. The zero-order chi connectivity index (χ0) is 23.6. The number of rotatable bonds is 3. The predicted molar refractivity (Wildman–Crippen MR) is 135 cm³/mol. The molecule has 6 heteroatoms. The van der Waals surface area contributed by atoms with Gasteiger partial charge in [-0.15, -0.1) is 0 Å². The maximum absolute atomic E-state index is 13.8. The van der Waals surface area contributed by atoms with Crippen LogP contribution in [0.1, 0.15) is 15.9 Å². The van der Waals surface area contributed by atoms with Gasteiger partial charge in [-0.25, -0.2) is 14.2 Å². The van der Waals surface area contributed by atoms with Crippen LogP contribution in [0.15, 0.2) is 87.4 Å². The molecule has 6 aromatic rings. The minimum atomic E-state index is -0.427. The molecule has 0 aliphatic carbocycles. The van der Waals surface area contributed by atoms with Crippen molar-refractivity contribution >= 4 is 56.0 Å². The topological polar surface area (TPSA) is 51.7 Å². The van der Waals surface area contributed by atoms with E-state index in [0.717, 1.165) is 37.1 Å². The van der Waals surface area contributed by atoms with Crippen molar-refractivity contribution in [3.8, 4) is 0 Å². The third kappa shape index (κ3) is 2.92. The van der Waals surface area contributed by atoms with Crippen molar-refractivity contribution < 1.29 is 14.1 Å². The summed E-state index contributed by atoms with van der Waals surface area (Å²) in [4.78, 5) is 28.2. The molecule has 0 saturated carbocycles. The summed E-state index contributed by atoms with van der Waals surface area (Å²) < 4.78 is 8.63. The van der Waals surface area contributed by atoms with Gasteiger partial charge in [0.2, 0.25) is 0 Å². The number of methoxy groups -OCH3 is 1. The van der Waals surface area contributed by atoms with Crippen LogP contribution >= 0.6 is 11.8 Å². The van der Waals surface area contributed by atoms with E-state index in [1.807, 2.05) is 35.9 Å². The van der Waals surface area contributed by atoms with Crippen molar-refractivity contribution in [3.63, 3.8) is 0 Å². The molecule has 0 unspecified atom stereocenters. The molecule has 0 spiro atoms. The largest absolute Gasteiger partial charge is 0.465 e. The third-order valence-corrected chi connectivity index (χ3v) is 7.54. The summed E-state index contributed by atoms with van der Waals surface area (Å²) in [5, 5.41) is 3.67. The van der Waals surface area contributed by atoms with Gasteiger partial charge in [0.1, 0.15) is 0 Å². The Bertz CT molecular complexity index is 1820. The minimum Gasteiger partial charge on any atom is -0.465 e. The van der Waals surface area contributed by atoms with Crippen LogP contribution < -0.4 is 10.1 Å². The van der Waals surface area contributed by atoms with Crippen LogP contribution in [-0.2, 0) is 11.8 Å². The molecule has 0 radical (unpaired) electrons. The third-order valence-electron chi connectivity index (χ3n) is 6.45. The Morgan fingerprint density at radius 3 is 2.47 bits per heavy atom. The second-order valence-electron chi connectivity index (χ2n) is 8.47. The average molecular weight is 466 g/mol. The molecule has 166 valence electrons. The van der Waals surface area contributed by atoms with Crippen molar-refractivity contribution in [2.45, 2.75) is 16.7 Å². The highest BCUT2D eigenvalue weighted by atomic mass is 32.2. The summed E-state index contributed by atoms with van der Waals surface area (Å²) in [5.41, 5.74) is 3.90. The van der Waals surface area contributed by atoms with E-state index in [0.29, 0.717) is 16.5 Å². The number of aryl methyl sites for hydroxylation is 2. The Balaban J connectivity index is 1.69. The predicted octanol–water partition coefficient (Wildman–Crippen LogP) is 5.27. The van der Waals surface area contributed by atoms with E-state index in [1.54, 1.807) is 28.3 Å². The van der Waals surface area contributed by atoms with E-state index in [2.05, 4.69) is 43.3 Å². The van der Waals surface area contributed by atoms with Crippen LogP contribution in [0.4, 0.5) is 0 Å². The molecular formula is C28H21N2O3S+. The molecule has 0 amide bonds. The van der Waals surface area contributed by atoms with E-state index >= 15 is 0 Å². The van der Waals surface area contributed by atoms with Gasteiger partial charge in [-0.3, -0.25) is 0 Å². The van der Waals surface area contributed by atoms with Gasteiger partial charge in [0.15, 0.2) is 11.0 Å². The number of ether oxygens (including phenoxy) is 1. The summed E-state index contributed by atoms with van der Waals surface area (Å²) in [7, 11) is 3.31. The Hall–Kier alpha value is -3.90. The van der Waals surface area contributed by atoms with Gasteiger partial charge in [0.05, 0.1) is 30.5 Å². The highest BCUT2D eigenvalue weighted by Gasteiger charge is 2.26. The second kappa shape index (κ2) is 7.57. The fourth-order valence-electron chi connectivity index (χ4n) is 4.80. The molecule has 0 atom stereocenters. The van der Waals surface area contributed by atoms with Crippen molar-refractivity contribution in [1.82, 2.24) is 4.40 Å². The number of esters is 1. The first-order valence-electron chi connectivity index (χ1n) is 11.0. The molecule has 5 nitrogen and oxygen atoms in total. The Labute approximate surface area is 199 Å². The quantitative estimate of drug-likeness (QED) is 0.264. The van der Waals surface area contributed by atoms with E-state index < -0.39 is 5.97 Å². The summed E-state index contributed by atoms with van der Waals surface area (Å²) in [6.45, 7) is 2.08. The van der Waals surface area contributed by atoms with Gasteiger partial charge in [-0.05, 0) is 54.8 Å². The standard InChI is InChI=1S/C28H21N2O3S/c1-16-7-10-18(11-8-16)34-24-14-12-21-25-19(24)5-4-6-20(25)26-29(2)22-13-9-17(28(32)33-3)15-23(22)30(26)27(21)31/h4-15H,1-3H3/q+1. The summed E-state index contributed by atoms with van der Waals surface area (Å²) in [6, 6.07) is 23.9. The van der Waals surface area contributed by atoms with Crippen LogP contribution in [-0.4, -0.2) is 17.5 Å². The number of nitrogens with zero attached hydrogens (tertiary/aromatic N) is 2. The van der Waals surface area contributed by atoms with Crippen molar-refractivity contribution in [3.05, 3.63) is 94.3 Å². The lowest BCUT2D eigenvalue weighted by Crippen LogP contribution is -2.29. The van der Waals surface area contributed by atoms with Crippen LogP contribution in [0.2, 0.25) is 0 Å². The number of carbonyl (C=O) groups is 1. The van der Waals surface area contributed by atoms with Gasteiger partial charge in [0, 0.05) is 21.2 Å². The molecule has 2 heterocycles. The number of pyridine rings is 1. The molecule has 0 aliphatic heterocycles. The number of benzene rings is 4. The number of imidazole rings is 1. The lowest BCUT2D eigenvalue weighted by Gasteiger charge is -2.10. The summed E-state index contributed by atoms with van der Waals surface area (Å²) in [6.07, 6.45) is 0. The SMILES string of the molecule is COC(=O)c1ccc2c(c1)n1c(=O)c3ccc(Sc4ccc(C)cc4)c4cccc(c43)c1[n+]2C. The highest BCUT2D eigenvalue weighted by molar-refractivity contribution is 7.99. The zero-order valence-corrected chi connectivity index (χ0v) is 19.8. The first-order valence-corrected chi connectivity index (χ1v) is 11.8. The second-order valence-corrected chi connectivity index (χ2v) is 9.59. The van der Waals surface area contributed by atoms with E-state index in [4.69, 9.17) is 4.74 Å². The monoisotopic (exact) mass is 465 g/mol. The maximum atomic E-state index is 13.8. The van der Waals surface area contributed by atoms with E-state index in [-0.39, 0.29) is 5.56 Å². The first-order chi connectivity index (χ1) is 16.5. The van der Waals surface area contributed by atoms with Gasteiger partial charge >= 0.3 is 11.5 Å². The molecule has 0 fully saturated rings. The Kier molecular flexibility index (Phi) is 4.61. The number of fused-ring (bicyclic) bond motifs is 4. The summed E-state index contributed by atoms with van der Waals surface area (Å²) in [5.74, 6) is -0.427. The van der Waals surface area contributed by atoms with Gasteiger partial charge in [0.25, 0.3) is 5.65 Å². The molecule has 0 saturated heterocycles. The van der Waals surface area contributed by atoms with Gasteiger partial charge in [-0.1, -0.05) is 41.6 Å². The molecule has 34 heavy (non-hydrogen) atoms. The smallest absolute Gasteiger partial charge is 0.347 e. The molecule has 0 N–H and O–H groups in total.